The van der Waals surface area contributed by atoms with Gasteiger partial charge < -0.3 is 4.57 Å². The van der Waals surface area contributed by atoms with Gasteiger partial charge in [0.15, 0.2) is 0 Å². The van der Waals surface area contributed by atoms with E-state index in [2.05, 4.69) is 58.6 Å². The Morgan fingerprint density at radius 3 is 2.71 bits per heavy atom. The molecule has 0 bridgehead atoms. The minimum absolute atomic E-state index is 0.815. The minimum atomic E-state index is 0.815. The molecule has 0 N–H and O–H groups in total. The predicted octanol–water partition coefficient (Wildman–Crippen LogP) is 5.20. The van der Waals surface area contributed by atoms with Crippen molar-refractivity contribution in [3.63, 3.8) is 0 Å². The van der Waals surface area contributed by atoms with E-state index >= 15 is 0 Å². The molecule has 3 nitrogen and oxygen atoms in total. The summed E-state index contributed by atoms with van der Waals surface area (Å²) >= 11 is 0. The summed E-state index contributed by atoms with van der Waals surface area (Å²) in [4.78, 5) is 7.25. The van der Waals surface area contributed by atoms with Crippen molar-refractivity contribution in [1.82, 2.24) is 14.5 Å². The number of hydrogen-bond donors (Lipinski definition) is 0. The van der Waals surface area contributed by atoms with Gasteiger partial charge in [0.25, 0.3) is 0 Å². The van der Waals surface area contributed by atoms with Gasteiger partial charge in [-0.2, -0.15) is 0 Å². The molecule has 2 aromatic heterocycles. The van der Waals surface area contributed by atoms with Gasteiger partial charge in [0.05, 0.1) is 0 Å². The highest BCUT2D eigenvalue weighted by molar-refractivity contribution is 5.86. The van der Waals surface area contributed by atoms with Crippen LogP contribution in [0.3, 0.4) is 0 Å². The monoisotopic (exact) mass is 373 g/mol. The standard InChI is InChI=1S/C25H31N3/c1-18-7-10-24-22(15-18)23-17-27(21-5-3-4-6-21)13-12-25(23)28(24)14-11-20-9-8-19(2)26-16-20/h7-10,15-16,21H,3-6,11-14,17H2,1-2H3. The molecule has 1 aliphatic heterocycles. The molecule has 1 saturated carbocycles. The van der Waals surface area contributed by atoms with Gasteiger partial charge in [-0.3, -0.25) is 9.88 Å². The molecule has 0 radical (unpaired) electrons. The maximum absolute atomic E-state index is 4.48. The lowest BCUT2D eigenvalue weighted by Gasteiger charge is -2.33. The highest BCUT2D eigenvalue weighted by Gasteiger charge is 2.29. The SMILES string of the molecule is Cc1ccc2c(c1)c1c(n2CCc2ccc(C)nc2)CCN(C2CCCC2)C1. The zero-order chi connectivity index (χ0) is 19.1. The van der Waals surface area contributed by atoms with E-state index < -0.39 is 0 Å². The molecule has 0 amide bonds. The number of fused-ring (bicyclic) bond motifs is 3. The third-order valence-corrected chi connectivity index (χ3v) is 6.88. The molecule has 2 aliphatic rings. The number of rotatable bonds is 4. The second-order valence-electron chi connectivity index (χ2n) is 8.81. The summed E-state index contributed by atoms with van der Waals surface area (Å²) in [6.45, 7) is 7.68. The second-order valence-corrected chi connectivity index (χ2v) is 8.81. The number of pyridine rings is 1. The summed E-state index contributed by atoms with van der Waals surface area (Å²) in [5, 5.41) is 1.49. The number of hydrogen-bond acceptors (Lipinski definition) is 2. The van der Waals surface area contributed by atoms with Crippen LogP contribution < -0.4 is 0 Å². The van der Waals surface area contributed by atoms with E-state index in [0.29, 0.717) is 0 Å². The van der Waals surface area contributed by atoms with Crippen molar-refractivity contribution >= 4 is 10.9 Å². The lowest BCUT2D eigenvalue weighted by molar-refractivity contribution is 0.180. The summed E-state index contributed by atoms with van der Waals surface area (Å²) in [6.07, 6.45) is 9.90. The van der Waals surface area contributed by atoms with Crippen molar-refractivity contribution in [1.29, 1.82) is 0 Å². The maximum atomic E-state index is 4.48. The van der Waals surface area contributed by atoms with E-state index in [4.69, 9.17) is 0 Å². The lowest BCUT2D eigenvalue weighted by atomic mass is 10.0. The van der Waals surface area contributed by atoms with Crippen LogP contribution in [-0.2, 0) is 25.9 Å². The van der Waals surface area contributed by atoms with Gasteiger partial charge in [-0.05, 0) is 62.4 Å². The summed E-state index contributed by atoms with van der Waals surface area (Å²) in [5.74, 6) is 0. The molecule has 0 saturated heterocycles. The predicted molar refractivity (Wildman–Crippen MR) is 116 cm³/mol. The molecule has 1 aromatic carbocycles. The smallest absolute Gasteiger partial charge is 0.0486 e. The third-order valence-electron chi connectivity index (χ3n) is 6.88. The van der Waals surface area contributed by atoms with Crippen molar-refractivity contribution in [2.75, 3.05) is 6.54 Å². The molecule has 0 spiro atoms. The quantitative estimate of drug-likeness (QED) is 0.627. The third kappa shape index (κ3) is 3.26. The summed E-state index contributed by atoms with van der Waals surface area (Å²) in [6, 6.07) is 12.2. The first kappa shape index (κ1) is 17.9. The molecule has 1 fully saturated rings. The zero-order valence-corrected chi connectivity index (χ0v) is 17.2. The normalized spacial score (nSPS) is 18.1. The van der Waals surface area contributed by atoms with Gasteiger partial charge >= 0.3 is 0 Å². The van der Waals surface area contributed by atoms with Crippen LogP contribution in [0.2, 0.25) is 0 Å². The van der Waals surface area contributed by atoms with Crippen LogP contribution in [0, 0.1) is 13.8 Å². The van der Waals surface area contributed by atoms with Crippen molar-refractivity contribution in [2.45, 2.75) is 71.5 Å². The fourth-order valence-corrected chi connectivity index (χ4v) is 5.31. The van der Waals surface area contributed by atoms with E-state index in [1.54, 1.807) is 11.3 Å². The molecule has 1 aliphatic carbocycles. The van der Waals surface area contributed by atoms with Gasteiger partial charge in [-0.15, -0.1) is 0 Å². The van der Waals surface area contributed by atoms with Crippen molar-refractivity contribution in [2.24, 2.45) is 0 Å². The molecule has 5 rings (SSSR count). The van der Waals surface area contributed by atoms with Gasteiger partial charge in [0, 0.05) is 60.6 Å². The van der Waals surface area contributed by atoms with Crippen molar-refractivity contribution in [3.8, 4) is 0 Å². The van der Waals surface area contributed by atoms with Crippen molar-refractivity contribution in [3.05, 3.63) is 64.6 Å². The molecular weight excluding hydrogens is 342 g/mol. The summed E-state index contributed by atoms with van der Waals surface area (Å²) in [7, 11) is 0. The molecule has 0 atom stereocenters. The second kappa shape index (κ2) is 7.36. The van der Waals surface area contributed by atoms with E-state index in [0.717, 1.165) is 31.2 Å². The molecule has 3 heteroatoms. The van der Waals surface area contributed by atoms with Crippen LogP contribution in [0.1, 0.15) is 53.8 Å². The first-order chi connectivity index (χ1) is 13.7. The Kier molecular flexibility index (Phi) is 4.72. The van der Waals surface area contributed by atoms with E-state index in [1.165, 1.54) is 60.7 Å². The Bertz CT molecular complexity index is 977. The molecule has 3 aromatic rings. The zero-order valence-electron chi connectivity index (χ0n) is 17.2. The van der Waals surface area contributed by atoms with Crippen LogP contribution in [-0.4, -0.2) is 27.0 Å². The van der Waals surface area contributed by atoms with E-state index in [9.17, 15) is 0 Å². The number of aromatic nitrogens is 2. The average Bonchev–Trinajstić information content (AvgIpc) is 3.34. The van der Waals surface area contributed by atoms with E-state index in [1.807, 2.05) is 6.20 Å². The highest BCUT2D eigenvalue weighted by atomic mass is 15.2. The van der Waals surface area contributed by atoms with Gasteiger partial charge in [-0.25, -0.2) is 0 Å². The first-order valence-corrected chi connectivity index (χ1v) is 11.0. The topological polar surface area (TPSA) is 21.1 Å². The van der Waals surface area contributed by atoms with Crippen LogP contribution in [0.5, 0.6) is 0 Å². The number of aryl methyl sites for hydroxylation is 4. The van der Waals surface area contributed by atoms with E-state index in [-0.39, 0.29) is 0 Å². The minimum Gasteiger partial charge on any atom is -0.344 e. The lowest BCUT2D eigenvalue weighted by Crippen LogP contribution is -2.38. The molecule has 28 heavy (non-hydrogen) atoms. The Morgan fingerprint density at radius 2 is 1.93 bits per heavy atom. The Balaban J connectivity index is 1.48. The number of nitrogens with zero attached hydrogens (tertiary/aromatic N) is 3. The average molecular weight is 374 g/mol. The maximum Gasteiger partial charge on any atom is 0.0486 e. The molecule has 3 heterocycles. The largest absolute Gasteiger partial charge is 0.344 e. The Hall–Kier alpha value is -2.13. The van der Waals surface area contributed by atoms with Gasteiger partial charge in [0.1, 0.15) is 0 Å². The van der Waals surface area contributed by atoms with Crippen LogP contribution in [0.15, 0.2) is 36.5 Å². The molecule has 146 valence electrons. The highest BCUT2D eigenvalue weighted by Crippen LogP contribution is 2.35. The van der Waals surface area contributed by atoms with Crippen LogP contribution >= 0.6 is 0 Å². The first-order valence-electron chi connectivity index (χ1n) is 11.0. The Morgan fingerprint density at radius 1 is 1.07 bits per heavy atom. The van der Waals surface area contributed by atoms with Gasteiger partial charge in [0.2, 0.25) is 0 Å². The fraction of sp³-hybridized carbons (Fsp3) is 0.480. The molecular formula is C25H31N3. The fourth-order valence-electron chi connectivity index (χ4n) is 5.31. The Labute approximate surface area is 168 Å². The van der Waals surface area contributed by atoms with Crippen LogP contribution in [0.25, 0.3) is 10.9 Å². The van der Waals surface area contributed by atoms with Crippen LogP contribution in [0.4, 0.5) is 0 Å². The van der Waals surface area contributed by atoms with Gasteiger partial charge in [-0.1, -0.05) is 30.5 Å². The summed E-state index contributed by atoms with van der Waals surface area (Å²) < 4.78 is 2.61. The number of benzene rings is 1. The van der Waals surface area contributed by atoms with Crippen molar-refractivity contribution < 1.29 is 0 Å². The molecule has 0 unspecified atom stereocenters. The summed E-state index contributed by atoms with van der Waals surface area (Å²) in [5.41, 5.74) is 8.39.